The normalized spacial score (nSPS) is 17.8. The van der Waals surface area contributed by atoms with E-state index in [1.54, 1.807) is 22.9 Å². The van der Waals surface area contributed by atoms with Crippen molar-refractivity contribution in [2.75, 3.05) is 38.6 Å². The molecule has 1 aliphatic heterocycles. The number of hydrogen-bond donors (Lipinski definition) is 1. The Morgan fingerprint density at radius 2 is 1.97 bits per heavy atom. The smallest absolute Gasteiger partial charge is 0.254 e. The summed E-state index contributed by atoms with van der Waals surface area (Å²) in [4.78, 5) is 12.8. The average Bonchev–Trinajstić information content (AvgIpc) is 3.47. The number of morpholine rings is 1. The summed E-state index contributed by atoms with van der Waals surface area (Å²) in [7, 11) is -3.43. The largest absolute Gasteiger partial charge is 0.379 e. The minimum absolute atomic E-state index is 0.0233. The molecule has 4 rings (SSSR count). The number of carbonyl (C=O) groups excluding carboxylic acids is 1. The predicted molar refractivity (Wildman–Crippen MR) is 114 cm³/mol. The molecule has 0 unspecified atom stereocenters. The Bertz CT molecular complexity index is 1050. The summed E-state index contributed by atoms with van der Waals surface area (Å²) in [6.07, 6.45) is 3.43. The van der Waals surface area contributed by atoms with Crippen LogP contribution in [0, 0.1) is 0 Å². The summed E-state index contributed by atoms with van der Waals surface area (Å²) in [6, 6.07) is 5.12. The van der Waals surface area contributed by atoms with E-state index in [0.29, 0.717) is 47.6 Å². The third-order valence-corrected chi connectivity index (χ3v) is 7.57. The fourth-order valence-electron chi connectivity index (χ4n) is 3.47. The molecule has 1 aromatic carbocycles. The van der Waals surface area contributed by atoms with Crippen LogP contribution in [0.5, 0.6) is 0 Å². The first-order valence-corrected chi connectivity index (χ1v) is 12.1. The van der Waals surface area contributed by atoms with Crippen molar-refractivity contribution in [3.05, 3.63) is 45.7 Å². The van der Waals surface area contributed by atoms with Gasteiger partial charge in [-0.25, -0.2) is 13.1 Å². The quantitative estimate of drug-likeness (QED) is 0.667. The van der Waals surface area contributed by atoms with Gasteiger partial charge in [0.2, 0.25) is 10.0 Å². The van der Waals surface area contributed by atoms with Gasteiger partial charge in [-0.3, -0.25) is 4.79 Å². The Hall–Kier alpha value is -1.65. The molecule has 1 saturated carbocycles. The molecular weight excluding hydrogens is 451 g/mol. The van der Waals surface area contributed by atoms with Crippen LogP contribution in [0.4, 0.5) is 0 Å². The highest BCUT2D eigenvalue weighted by atomic mass is 35.5. The summed E-state index contributed by atoms with van der Waals surface area (Å²) in [5, 5.41) is 8.06. The lowest BCUT2D eigenvalue weighted by molar-refractivity contribution is 0.0730. The molecule has 0 radical (unpaired) electrons. The van der Waals surface area contributed by atoms with E-state index >= 15 is 0 Å². The zero-order chi connectivity index (χ0) is 21.3. The van der Waals surface area contributed by atoms with Crippen molar-refractivity contribution in [2.24, 2.45) is 0 Å². The fraction of sp³-hybridized carbons (Fsp3) is 0.474. The van der Waals surface area contributed by atoms with E-state index in [1.165, 1.54) is 10.5 Å². The van der Waals surface area contributed by atoms with Gasteiger partial charge >= 0.3 is 0 Å². The van der Waals surface area contributed by atoms with Crippen LogP contribution >= 0.6 is 23.2 Å². The number of carbonyl (C=O) groups is 1. The summed E-state index contributed by atoms with van der Waals surface area (Å²) in [5.41, 5.74) is 1.87. The van der Waals surface area contributed by atoms with Crippen molar-refractivity contribution in [3.8, 4) is 5.69 Å². The lowest BCUT2D eigenvalue weighted by Crippen LogP contribution is -2.43. The van der Waals surface area contributed by atoms with Crippen LogP contribution in [0.1, 0.15) is 34.8 Å². The molecule has 0 spiro atoms. The number of halogens is 2. The Kier molecular flexibility index (Phi) is 6.36. The molecule has 2 aromatic rings. The molecule has 1 aromatic heterocycles. The van der Waals surface area contributed by atoms with Crippen molar-refractivity contribution < 1.29 is 17.9 Å². The van der Waals surface area contributed by atoms with Crippen LogP contribution in [0.25, 0.3) is 5.69 Å². The van der Waals surface area contributed by atoms with Crippen molar-refractivity contribution >= 4 is 39.1 Å². The first-order valence-electron chi connectivity index (χ1n) is 9.74. The number of nitrogens with one attached hydrogen (secondary N) is 1. The molecule has 162 valence electrons. The zero-order valence-corrected chi connectivity index (χ0v) is 18.5. The molecule has 2 aliphatic rings. The molecule has 0 bridgehead atoms. The molecule has 8 nitrogen and oxygen atoms in total. The molecule has 2 fully saturated rings. The number of hydrogen-bond acceptors (Lipinski definition) is 5. The van der Waals surface area contributed by atoms with E-state index in [0.717, 1.165) is 18.5 Å². The Morgan fingerprint density at radius 1 is 1.23 bits per heavy atom. The van der Waals surface area contributed by atoms with Crippen LogP contribution in [-0.4, -0.2) is 67.0 Å². The van der Waals surface area contributed by atoms with Gasteiger partial charge in [-0.2, -0.15) is 9.40 Å². The summed E-state index contributed by atoms with van der Waals surface area (Å²) < 4.78 is 33.1. The van der Waals surface area contributed by atoms with Crippen LogP contribution < -0.4 is 5.32 Å². The van der Waals surface area contributed by atoms with Gasteiger partial charge in [0.1, 0.15) is 0 Å². The van der Waals surface area contributed by atoms with E-state index in [4.69, 9.17) is 27.9 Å². The Morgan fingerprint density at radius 3 is 2.63 bits per heavy atom. The maximum absolute atomic E-state index is 12.8. The van der Waals surface area contributed by atoms with Gasteiger partial charge in [0.15, 0.2) is 0 Å². The molecular formula is C19H22Cl2N4O4S. The van der Waals surface area contributed by atoms with Crippen LogP contribution in [0.2, 0.25) is 10.0 Å². The number of sulfonamides is 1. The zero-order valence-electron chi connectivity index (χ0n) is 16.2. The Labute approximate surface area is 185 Å². The van der Waals surface area contributed by atoms with E-state index in [1.807, 2.05) is 0 Å². The van der Waals surface area contributed by atoms with Crippen molar-refractivity contribution in [1.82, 2.24) is 19.4 Å². The molecule has 1 amide bonds. The first kappa shape index (κ1) is 21.6. The average molecular weight is 473 g/mol. The van der Waals surface area contributed by atoms with E-state index < -0.39 is 10.0 Å². The molecule has 0 atom stereocenters. The van der Waals surface area contributed by atoms with Gasteiger partial charge in [0.05, 0.1) is 47.1 Å². The van der Waals surface area contributed by atoms with Gasteiger partial charge in [-0.05, 0) is 31.0 Å². The first-order chi connectivity index (χ1) is 14.4. The second-order valence-corrected chi connectivity index (χ2v) is 10.2. The number of aromatic nitrogens is 2. The molecule has 11 heteroatoms. The predicted octanol–water partition coefficient (Wildman–Crippen LogP) is 2.45. The molecule has 1 aliphatic carbocycles. The number of nitrogens with zero attached hydrogens (tertiary/aromatic N) is 3. The number of ether oxygens (including phenoxy) is 1. The van der Waals surface area contributed by atoms with Crippen molar-refractivity contribution in [2.45, 2.75) is 18.8 Å². The SMILES string of the molecule is O=C(NCCS(=O)(=O)N1CCOCC1)c1cnn(-c2ccc(Cl)cc2Cl)c1C1CC1. The van der Waals surface area contributed by atoms with Gasteiger partial charge in [-0.15, -0.1) is 0 Å². The summed E-state index contributed by atoms with van der Waals surface area (Å²) >= 11 is 12.3. The third-order valence-electron chi connectivity index (χ3n) is 5.16. The minimum Gasteiger partial charge on any atom is -0.379 e. The number of benzene rings is 1. The van der Waals surface area contributed by atoms with Gasteiger partial charge < -0.3 is 10.1 Å². The second-order valence-electron chi connectivity index (χ2n) is 7.31. The van der Waals surface area contributed by atoms with Crippen molar-refractivity contribution in [3.63, 3.8) is 0 Å². The highest BCUT2D eigenvalue weighted by molar-refractivity contribution is 7.89. The third kappa shape index (κ3) is 4.65. The summed E-state index contributed by atoms with van der Waals surface area (Å²) in [5.74, 6) is -0.281. The van der Waals surface area contributed by atoms with E-state index in [-0.39, 0.29) is 24.1 Å². The van der Waals surface area contributed by atoms with Crippen LogP contribution in [0.15, 0.2) is 24.4 Å². The standard InChI is InChI=1S/C19H22Cl2N4O4S/c20-14-3-4-17(16(21)11-14)25-18(13-1-2-13)15(12-23-25)19(26)22-5-10-30(27,28)24-6-8-29-9-7-24/h3-4,11-13H,1-2,5-10H2,(H,22,26). The second kappa shape index (κ2) is 8.84. The maximum atomic E-state index is 12.8. The van der Waals surface area contributed by atoms with E-state index in [2.05, 4.69) is 10.4 Å². The molecule has 1 saturated heterocycles. The van der Waals surface area contributed by atoms with Crippen LogP contribution in [-0.2, 0) is 14.8 Å². The van der Waals surface area contributed by atoms with Crippen molar-refractivity contribution in [1.29, 1.82) is 0 Å². The highest BCUT2D eigenvalue weighted by Gasteiger charge is 2.33. The lowest BCUT2D eigenvalue weighted by atomic mass is 10.1. The topological polar surface area (TPSA) is 93.5 Å². The highest BCUT2D eigenvalue weighted by Crippen LogP contribution is 2.43. The maximum Gasteiger partial charge on any atom is 0.254 e. The lowest BCUT2D eigenvalue weighted by Gasteiger charge is -2.26. The molecule has 1 N–H and O–H groups in total. The minimum atomic E-state index is -3.43. The van der Waals surface area contributed by atoms with Gasteiger partial charge in [-0.1, -0.05) is 23.2 Å². The van der Waals surface area contributed by atoms with E-state index in [9.17, 15) is 13.2 Å². The Balaban J connectivity index is 1.47. The monoisotopic (exact) mass is 472 g/mol. The number of rotatable bonds is 7. The number of amides is 1. The van der Waals surface area contributed by atoms with Gasteiger partial charge in [0, 0.05) is 30.6 Å². The molecule has 30 heavy (non-hydrogen) atoms. The summed E-state index contributed by atoms with van der Waals surface area (Å²) in [6.45, 7) is 1.49. The van der Waals surface area contributed by atoms with Gasteiger partial charge in [0.25, 0.3) is 5.91 Å². The molecule has 2 heterocycles. The fourth-order valence-corrected chi connectivity index (χ4v) is 5.28. The van der Waals surface area contributed by atoms with Crippen LogP contribution in [0.3, 0.4) is 0 Å².